The summed E-state index contributed by atoms with van der Waals surface area (Å²) in [5.41, 5.74) is 5.38. The van der Waals surface area contributed by atoms with Gasteiger partial charge in [0, 0.05) is 13.2 Å². The third-order valence-corrected chi connectivity index (χ3v) is 2.27. The number of likely N-dealkylation sites (N-methyl/N-ethyl adjacent to an activating group) is 1. The van der Waals surface area contributed by atoms with Gasteiger partial charge >= 0.3 is 6.18 Å². The number of hydrogen-bond donors (Lipinski definition) is 2. The molecule has 0 bridgehead atoms. The molecule has 0 aliphatic carbocycles. The first-order valence-electron chi connectivity index (χ1n) is 5.10. The number of amidine groups is 1. The molecule has 5 nitrogen and oxygen atoms in total. The second-order valence-electron chi connectivity index (χ2n) is 3.70. The Bertz CT molecular complexity index is 246. The molecule has 0 aliphatic heterocycles. The van der Waals surface area contributed by atoms with Crippen LogP contribution in [0, 0.1) is 0 Å². The maximum absolute atomic E-state index is 11.7. The van der Waals surface area contributed by atoms with E-state index in [1.807, 2.05) is 0 Å². The minimum absolute atomic E-state index is 0.0206. The van der Waals surface area contributed by atoms with Gasteiger partial charge in [-0.25, -0.2) is 0 Å². The SMILES string of the molecule is CC(C(N)=NO)N(C)CCCOCC(F)(F)F. The third-order valence-electron chi connectivity index (χ3n) is 2.27. The fourth-order valence-corrected chi connectivity index (χ4v) is 1.11. The fraction of sp³-hybridized carbons (Fsp3) is 0.889. The van der Waals surface area contributed by atoms with E-state index in [1.165, 1.54) is 0 Å². The normalized spacial score (nSPS) is 15.3. The highest BCUT2D eigenvalue weighted by Crippen LogP contribution is 2.14. The number of halogens is 3. The van der Waals surface area contributed by atoms with Crippen LogP contribution in [0.25, 0.3) is 0 Å². The Morgan fingerprint density at radius 1 is 1.53 bits per heavy atom. The summed E-state index contributed by atoms with van der Waals surface area (Å²) >= 11 is 0. The van der Waals surface area contributed by atoms with E-state index in [4.69, 9.17) is 10.9 Å². The van der Waals surface area contributed by atoms with E-state index in [2.05, 4.69) is 9.89 Å². The molecule has 0 aromatic carbocycles. The molecule has 0 rings (SSSR count). The van der Waals surface area contributed by atoms with E-state index >= 15 is 0 Å². The monoisotopic (exact) mass is 257 g/mol. The molecule has 0 aromatic rings. The number of nitrogens with zero attached hydrogens (tertiary/aromatic N) is 2. The summed E-state index contributed by atoms with van der Waals surface area (Å²) in [6, 6.07) is -0.275. The summed E-state index contributed by atoms with van der Waals surface area (Å²) in [5.74, 6) is 0.0590. The molecule has 102 valence electrons. The number of oxime groups is 1. The van der Waals surface area contributed by atoms with Crippen molar-refractivity contribution in [2.75, 3.05) is 26.8 Å². The lowest BCUT2D eigenvalue weighted by Crippen LogP contribution is -2.41. The molecule has 0 amide bonds. The van der Waals surface area contributed by atoms with Crippen molar-refractivity contribution in [3.63, 3.8) is 0 Å². The zero-order chi connectivity index (χ0) is 13.5. The molecule has 0 radical (unpaired) electrons. The second-order valence-corrected chi connectivity index (χ2v) is 3.70. The molecule has 0 aromatic heterocycles. The van der Waals surface area contributed by atoms with Gasteiger partial charge in [0.2, 0.25) is 0 Å². The van der Waals surface area contributed by atoms with Crippen LogP contribution < -0.4 is 5.73 Å². The molecular weight excluding hydrogens is 239 g/mol. The van der Waals surface area contributed by atoms with Gasteiger partial charge in [-0.05, 0) is 20.4 Å². The molecule has 0 spiro atoms. The van der Waals surface area contributed by atoms with E-state index in [0.717, 1.165) is 0 Å². The van der Waals surface area contributed by atoms with E-state index in [9.17, 15) is 13.2 Å². The predicted molar refractivity (Wildman–Crippen MR) is 57.0 cm³/mol. The van der Waals surface area contributed by atoms with Gasteiger partial charge in [0.15, 0.2) is 5.84 Å². The van der Waals surface area contributed by atoms with E-state index < -0.39 is 12.8 Å². The van der Waals surface area contributed by atoms with Crippen LogP contribution >= 0.6 is 0 Å². The minimum atomic E-state index is -4.28. The van der Waals surface area contributed by atoms with Crippen LogP contribution in [0.1, 0.15) is 13.3 Å². The molecule has 8 heteroatoms. The maximum atomic E-state index is 11.7. The van der Waals surface area contributed by atoms with Gasteiger partial charge in [-0.3, -0.25) is 4.90 Å². The van der Waals surface area contributed by atoms with E-state index in [0.29, 0.717) is 13.0 Å². The first-order chi connectivity index (χ1) is 7.78. The highest BCUT2D eigenvalue weighted by Gasteiger charge is 2.27. The van der Waals surface area contributed by atoms with Crippen molar-refractivity contribution in [1.82, 2.24) is 4.90 Å². The van der Waals surface area contributed by atoms with Crippen LogP contribution in [-0.2, 0) is 4.74 Å². The van der Waals surface area contributed by atoms with Gasteiger partial charge in [0.1, 0.15) is 6.61 Å². The summed E-state index contributed by atoms with van der Waals surface area (Å²) in [7, 11) is 1.73. The molecule has 0 saturated carbocycles. The van der Waals surface area contributed by atoms with Crippen molar-refractivity contribution in [3.05, 3.63) is 0 Å². The molecular formula is C9H18F3N3O2. The average Bonchev–Trinajstić information content (AvgIpc) is 2.24. The summed E-state index contributed by atoms with van der Waals surface area (Å²) in [6.07, 6.45) is -3.84. The van der Waals surface area contributed by atoms with Crippen LogP contribution in [0.15, 0.2) is 5.16 Å². The number of alkyl halides is 3. The molecule has 0 saturated heterocycles. The Balaban J connectivity index is 3.68. The standard InChI is InChI=1S/C9H18F3N3O2/c1-7(8(13)14-16)15(2)4-3-5-17-6-9(10,11)12/h7,16H,3-6H2,1-2H3,(H2,13,14). The van der Waals surface area contributed by atoms with Gasteiger partial charge < -0.3 is 15.7 Å². The van der Waals surface area contributed by atoms with Gasteiger partial charge in [-0.2, -0.15) is 13.2 Å². The predicted octanol–water partition coefficient (Wildman–Crippen LogP) is 1.02. The van der Waals surface area contributed by atoms with Crippen molar-refractivity contribution in [2.45, 2.75) is 25.6 Å². The second kappa shape index (κ2) is 7.33. The molecule has 17 heavy (non-hydrogen) atoms. The zero-order valence-corrected chi connectivity index (χ0v) is 9.87. The number of hydrogen-bond acceptors (Lipinski definition) is 4. The molecule has 1 atom stereocenters. The number of rotatable bonds is 7. The molecule has 0 aliphatic rings. The lowest BCUT2D eigenvalue weighted by Gasteiger charge is -2.23. The fourth-order valence-electron chi connectivity index (χ4n) is 1.11. The Kier molecular flexibility index (Phi) is 6.89. The Labute approximate surface area is 98.0 Å². The van der Waals surface area contributed by atoms with Gasteiger partial charge in [0.05, 0.1) is 6.04 Å². The highest BCUT2D eigenvalue weighted by molar-refractivity contribution is 5.84. The van der Waals surface area contributed by atoms with E-state index in [1.54, 1.807) is 18.9 Å². The minimum Gasteiger partial charge on any atom is -0.409 e. The van der Waals surface area contributed by atoms with Gasteiger partial charge in [-0.1, -0.05) is 5.16 Å². The van der Waals surface area contributed by atoms with Gasteiger partial charge in [0.25, 0.3) is 0 Å². The quantitative estimate of drug-likeness (QED) is 0.235. The number of nitrogens with two attached hydrogens (primary N) is 1. The van der Waals surface area contributed by atoms with Crippen LogP contribution in [0.4, 0.5) is 13.2 Å². The third kappa shape index (κ3) is 7.81. The van der Waals surface area contributed by atoms with Crippen molar-refractivity contribution < 1.29 is 23.1 Å². The van der Waals surface area contributed by atoms with Gasteiger partial charge in [-0.15, -0.1) is 0 Å². The van der Waals surface area contributed by atoms with Crippen molar-refractivity contribution in [3.8, 4) is 0 Å². The zero-order valence-electron chi connectivity index (χ0n) is 9.87. The number of ether oxygens (including phenoxy) is 1. The first-order valence-corrected chi connectivity index (χ1v) is 5.10. The van der Waals surface area contributed by atoms with E-state index in [-0.39, 0.29) is 18.5 Å². The van der Waals surface area contributed by atoms with Crippen molar-refractivity contribution in [1.29, 1.82) is 0 Å². The van der Waals surface area contributed by atoms with Crippen LogP contribution in [-0.4, -0.2) is 55.0 Å². The molecule has 3 N–H and O–H groups in total. The topological polar surface area (TPSA) is 71.1 Å². The summed E-state index contributed by atoms with van der Waals surface area (Å²) in [5, 5.41) is 11.3. The van der Waals surface area contributed by atoms with Crippen LogP contribution in [0.3, 0.4) is 0 Å². The molecule has 0 fully saturated rings. The largest absolute Gasteiger partial charge is 0.411 e. The average molecular weight is 257 g/mol. The smallest absolute Gasteiger partial charge is 0.409 e. The lowest BCUT2D eigenvalue weighted by molar-refractivity contribution is -0.174. The molecule has 0 heterocycles. The molecule has 1 unspecified atom stereocenters. The Morgan fingerprint density at radius 3 is 2.59 bits per heavy atom. The Hall–Kier alpha value is -1.02. The maximum Gasteiger partial charge on any atom is 0.411 e. The van der Waals surface area contributed by atoms with Crippen LogP contribution in [0.5, 0.6) is 0 Å². The summed E-state index contributed by atoms with van der Waals surface area (Å²) in [6.45, 7) is 1.01. The van der Waals surface area contributed by atoms with Crippen molar-refractivity contribution in [2.24, 2.45) is 10.9 Å². The van der Waals surface area contributed by atoms with Crippen LogP contribution in [0.2, 0.25) is 0 Å². The van der Waals surface area contributed by atoms with Crippen molar-refractivity contribution >= 4 is 5.84 Å². The Morgan fingerprint density at radius 2 is 2.12 bits per heavy atom. The first kappa shape index (κ1) is 16.0. The highest BCUT2D eigenvalue weighted by atomic mass is 19.4. The summed E-state index contributed by atoms with van der Waals surface area (Å²) < 4.78 is 39.6. The summed E-state index contributed by atoms with van der Waals surface area (Å²) in [4.78, 5) is 1.76. The lowest BCUT2D eigenvalue weighted by atomic mass is 10.2.